The molecule has 0 radical (unpaired) electrons. The largest absolute Gasteiger partial charge is 0.325 e. The Morgan fingerprint density at radius 3 is 2.16 bits per heavy atom. The number of amides is 1. The van der Waals surface area contributed by atoms with Gasteiger partial charge in [-0.1, -0.05) is 55.2 Å². The van der Waals surface area contributed by atoms with Gasteiger partial charge in [-0.25, -0.2) is 8.42 Å². The number of nitrogens with one attached hydrogen (secondary N) is 1. The fraction of sp³-hybridized carbons (Fsp3) is 0.174. The second kappa shape index (κ2) is 9.73. The van der Waals surface area contributed by atoms with E-state index >= 15 is 0 Å². The third kappa shape index (κ3) is 5.79. The highest BCUT2D eigenvalue weighted by atomic mass is 35.5. The highest BCUT2D eigenvalue weighted by Gasteiger charge is 2.27. The summed E-state index contributed by atoms with van der Waals surface area (Å²) in [5, 5.41) is 3.53. The van der Waals surface area contributed by atoms with Crippen molar-refractivity contribution >= 4 is 50.5 Å². The van der Waals surface area contributed by atoms with E-state index in [0.717, 1.165) is 9.87 Å². The van der Waals surface area contributed by atoms with Crippen molar-refractivity contribution in [1.82, 2.24) is 0 Å². The Hall–Kier alpha value is -2.54. The van der Waals surface area contributed by atoms with Crippen LogP contribution in [0.4, 0.5) is 11.4 Å². The van der Waals surface area contributed by atoms with Crippen LogP contribution in [0.1, 0.15) is 25.3 Å². The van der Waals surface area contributed by atoms with Crippen molar-refractivity contribution in [1.29, 1.82) is 0 Å². The molecule has 0 bridgehead atoms. The van der Waals surface area contributed by atoms with Crippen LogP contribution < -0.4 is 9.62 Å². The summed E-state index contributed by atoms with van der Waals surface area (Å²) in [5.41, 5.74) is 2.01. The third-order valence-corrected chi connectivity index (χ3v) is 6.92. The predicted molar refractivity (Wildman–Crippen MR) is 127 cm³/mol. The van der Waals surface area contributed by atoms with Gasteiger partial charge in [0, 0.05) is 15.7 Å². The number of benzene rings is 3. The number of carbonyl (C=O) groups excluding carboxylic acids is 1. The summed E-state index contributed by atoms with van der Waals surface area (Å²) < 4.78 is 27.7. The van der Waals surface area contributed by atoms with E-state index in [0.29, 0.717) is 21.7 Å². The topological polar surface area (TPSA) is 66.5 Å². The average Bonchev–Trinajstić information content (AvgIpc) is 2.72. The first-order valence-electron chi connectivity index (χ1n) is 9.60. The van der Waals surface area contributed by atoms with Gasteiger partial charge in [-0.3, -0.25) is 9.10 Å². The minimum Gasteiger partial charge on any atom is -0.325 e. The number of anilines is 2. The summed E-state index contributed by atoms with van der Waals surface area (Å²) in [6.07, 6.45) is 0. The van der Waals surface area contributed by atoms with Crippen LogP contribution in [0.3, 0.4) is 0 Å². The molecular weight excluding hydrogens is 455 g/mol. The Labute approximate surface area is 192 Å². The molecule has 3 rings (SSSR count). The Morgan fingerprint density at radius 1 is 0.935 bits per heavy atom. The Morgan fingerprint density at radius 2 is 1.58 bits per heavy atom. The second-order valence-corrected chi connectivity index (χ2v) is 10.0. The monoisotopic (exact) mass is 476 g/mol. The highest BCUT2D eigenvalue weighted by Crippen LogP contribution is 2.27. The van der Waals surface area contributed by atoms with E-state index in [1.165, 1.54) is 30.3 Å². The zero-order valence-corrected chi connectivity index (χ0v) is 19.4. The van der Waals surface area contributed by atoms with Crippen molar-refractivity contribution < 1.29 is 13.2 Å². The van der Waals surface area contributed by atoms with Crippen LogP contribution in [0.25, 0.3) is 0 Å². The standard InChI is InChI=1S/C23H22Cl2N2O3S/c1-16(2)17-6-10-20(11-7-17)26-23(28)15-27(21-5-3-4-19(25)14-21)31(29,30)22-12-8-18(24)9-13-22/h3-14,16H,15H2,1-2H3,(H,26,28). The Kier molecular flexibility index (Phi) is 7.26. The molecule has 0 atom stereocenters. The maximum absolute atomic E-state index is 13.3. The van der Waals surface area contributed by atoms with Crippen molar-refractivity contribution in [3.8, 4) is 0 Å². The van der Waals surface area contributed by atoms with E-state index in [2.05, 4.69) is 19.2 Å². The van der Waals surface area contributed by atoms with Crippen molar-refractivity contribution in [3.63, 3.8) is 0 Å². The van der Waals surface area contributed by atoms with Crippen LogP contribution in [0.2, 0.25) is 10.0 Å². The van der Waals surface area contributed by atoms with Gasteiger partial charge in [0.1, 0.15) is 6.54 Å². The lowest BCUT2D eigenvalue weighted by Crippen LogP contribution is -2.38. The molecule has 8 heteroatoms. The van der Waals surface area contributed by atoms with Crippen LogP contribution in [0.5, 0.6) is 0 Å². The van der Waals surface area contributed by atoms with Gasteiger partial charge in [0.15, 0.2) is 0 Å². The van der Waals surface area contributed by atoms with Crippen molar-refractivity contribution in [3.05, 3.63) is 88.4 Å². The normalized spacial score (nSPS) is 11.4. The van der Waals surface area contributed by atoms with Gasteiger partial charge in [-0.2, -0.15) is 0 Å². The van der Waals surface area contributed by atoms with E-state index in [1.54, 1.807) is 30.3 Å². The average molecular weight is 477 g/mol. The molecule has 31 heavy (non-hydrogen) atoms. The van der Waals surface area contributed by atoms with E-state index < -0.39 is 22.5 Å². The molecule has 1 N–H and O–H groups in total. The lowest BCUT2D eigenvalue weighted by Gasteiger charge is -2.24. The molecular formula is C23H22Cl2N2O3S. The molecule has 5 nitrogen and oxygen atoms in total. The molecule has 0 unspecified atom stereocenters. The molecule has 0 aromatic heterocycles. The summed E-state index contributed by atoms with van der Waals surface area (Å²) in [4.78, 5) is 12.8. The molecule has 0 saturated carbocycles. The molecule has 0 aliphatic carbocycles. The van der Waals surface area contributed by atoms with Gasteiger partial charge in [0.2, 0.25) is 5.91 Å². The zero-order chi connectivity index (χ0) is 22.6. The van der Waals surface area contributed by atoms with Crippen LogP contribution in [0.15, 0.2) is 77.7 Å². The third-order valence-electron chi connectivity index (χ3n) is 4.65. The first kappa shape index (κ1) is 23.1. The van der Waals surface area contributed by atoms with E-state index in [9.17, 15) is 13.2 Å². The molecule has 0 aliphatic rings. The van der Waals surface area contributed by atoms with Gasteiger partial charge in [0.25, 0.3) is 10.0 Å². The van der Waals surface area contributed by atoms with Gasteiger partial charge >= 0.3 is 0 Å². The van der Waals surface area contributed by atoms with Crippen LogP contribution in [-0.4, -0.2) is 20.9 Å². The van der Waals surface area contributed by atoms with Gasteiger partial charge < -0.3 is 5.32 Å². The molecule has 3 aromatic carbocycles. The van der Waals surface area contributed by atoms with Crippen molar-refractivity contribution in [2.24, 2.45) is 0 Å². The van der Waals surface area contributed by atoms with Gasteiger partial charge in [-0.05, 0) is 66.1 Å². The lowest BCUT2D eigenvalue weighted by molar-refractivity contribution is -0.114. The maximum atomic E-state index is 13.3. The van der Waals surface area contributed by atoms with Gasteiger partial charge in [0.05, 0.1) is 10.6 Å². The summed E-state index contributed by atoms with van der Waals surface area (Å²) in [7, 11) is -4.04. The molecule has 0 aliphatic heterocycles. The number of rotatable bonds is 7. The van der Waals surface area contributed by atoms with Crippen LogP contribution in [0, 0.1) is 0 Å². The van der Waals surface area contributed by atoms with E-state index in [4.69, 9.17) is 23.2 Å². The van der Waals surface area contributed by atoms with E-state index in [-0.39, 0.29) is 10.6 Å². The summed E-state index contributed by atoms with van der Waals surface area (Å²) in [5.74, 6) is -0.109. The quantitative estimate of drug-likeness (QED) is 0.457. The fourth-order valence-electron chi connectivity index (χ4n) is 2.96. The lowest BCUT2D eigenvalue weighted by atomic mass is 10.0. The first-order chi connectivity index (χ1) is 14.7. The summed E-state index contributed by atoms with van der Waals surface area (Å²) in [6.45, 7) is 3.74. The number of hydrogen-bond acceptors (Lipinski definition) is 3. The van der Waals surface area contributed by atoms with Crippen molar-refractivity contribution in [2.45, 2.75) is 24.7 Å². The molecule has 0 spiro atoms. The SMILES string of the molecule is CC(C)c1ccc(NC(=O)CN(c2cccc(Cl)c2)S(=O)(=O)c2ccc(Cl)cc2)cc1. The predicted octanol–water partition coefficient (Wildman–Crippen LogP) is 5.95. The molecule has 0 fully saturated rings. The Bertz CT molecular complexity index is 1160. The minimum absolute atomic E-state index is 0.0194. The van der Waals surface area contributed by atoms with Crippen LogP contribution in [-0.2, 0) is 14.8 Å². The summed E-state index contributed by atoms with van der Waals surface area (Å²) in [6, 6.07) is 19.6. The van der Waals surface area contributed by atoms with Crippen molar-refractivity contribution in [2.75, 3.05) is 16.2 Å². The first-order valence-corrected chi connectivity index (χ1v) is 11.8. The molecule has 0 saturated heterocycles. The van der Waals surface area contributed by atoms with Gasteiger partial charge in [-0.15, -0.1) is 0 Å². The molecule has 162 valence electrons. The maximum Gasteiger partial charge on any atom is 0.264 e. The number of nitrogens with zero attached hydrogens (tertiary/aromatic N) is 1. The molecule has 1 amide bonds. The fourth-order valence-corrected chi connectivity index (χ4v) is 4.69. The number of halogens is 2. The van der Waals surface area contributed by atoms with E-state index in [1.807, 2.05) is 12.1 Å². The zero-order valence-electron chi connectivity index (χ0n) is 17.0. The number of carbonyl (C=O) groups is 1. The highest BCUT2D eigenvalue weighted by molar-refractivity contribution is 7.92. The smallest absolute Gasteiger partial charge is 0.264 e. The molecule has 0 heterocycles. The molecule has 3 aromatic rings. The number of hydrogen-bond donors (Lipinski definition) is 1. The number of sulfonamides is 1. The summed E-state index contributed by atoms with van der Waals surface area (Å²) >= 11 is 12.0. The Balaban J connectivity index is 1.89. The second-order valence-electron chi connectivity index (χ2n) is 7.27. The van der Waals surface area contributed by atoms with Crippen LogP contribution >= 0.6 is 23.2 Å². The minimum atomic E-state index is -4.04.